The quantitative estimate of drug-likeness (QED) is 0.827. The number of aromatic nitrogens is 1. The molecule has 19 heavy (non-hydrogen) atoms. The van der Waals surface area contributed by atoms with Crippen LogP contribution in [-0.2, 0) is 0 Å². The second-order valence-corrected chi connectivity index (χ2v) is 5.09. The molecule has 0 radical (unpaired) electrons. The molecule has 2 rings (SSSR count). The molecule has 1 fully saturated rings. The molecule has 1 heterocycles. The van der Waals surface area contributed by atoms with Crippen molar-refractivity contribution >= 4 is 5.91 Å². The Hall–Kier alpha value is -1.82. The summed E-state index contributed by atoms with van der Waals surface area (Å²) < 4.78 is 0. The number of hydrogen-bond acceptors (Lipinski definition) is 2. The monoisotopic (exact) mass is 256 g/mol. The minimum absolute atomic E-state index is 0.0705. The van der Waals surface area contributed by atoms with Gasteiger partial charge in [0.05, 0.1) is 0 Å². The van der Waals surface area contributed by atoms with E-state index in [0.717, 1.165) is 31.4 Å². The molecule has 3 nitrogen and oxygen atoms in total. The fraction of sp³-hybridized carbons (Fsp3) is 0.500. The van der Waals surface area contributed by atoms with Crippen LogP contribution in [0.2, 0.25) is 0 Å². The van der Waals surface area contributed by atoms with Crippen molar-refractivity contribution in [2.75, 3.05) is 0 Å². The highest BCUT2D eigenvalue weighted by molar-refractivity contribution is 5.92. The number of pyridine rings is 1. The van der Waals surface area contributed by atoms with E-state index in [-0.39, 0.29) is 11.9 Å². The van der Waals surface area contributed by atoms with Crippen LogP contribution >= 0.6 is 0 Å². The fourth-order valence-corrected chi connectivity index (χ4v) is 2.58. The third kappa shape index (κ3) is 3.82. The summed E-state index contributed by atoms with van der Waals surface area (Å²) >= 11 is 0. The molecule has 2 unspecified atom stereocenters. The summed E-state index contributed by atoms with van der Waals surface area (Å²) in [4.78, 5) is 16.4. The highest BCUT2D eigenvalue weighted by atomic mass is 16.1. The van der Waals surface area contributed by atoms with Crippen molar-refractivity contribution in [1.82, 2.24) is 10.3 Å². The van der Waals surface area contributed by atoms with Gasteiger partial charge in [-0.2, -0.15) is 0 Å². The normalized spacial score (nSPS) is 22.2. The van der Waals surface area contributed by atoms with Crippen molar-refractivity contribution < 1.29 is 4.79 Å². The molecule has 1 aliphatic rings. The van der Waals surface area contributed by atoms with E-state index in [1.165, 1.54) is 0 Å². The van der Waals surface area contributed by atoms with Crippen molar-refractivity contribution in [2.24, 2.45) is 5.92 Å². The average Bonchev–Trinajstić information content (AvgIpc) is 2.39. The Morgan fingerprint density at radius 3 is 3.00 bits per heavy atom. The number of nitrogens with zero attached hydrogens (tertiary/aromatic N) is 1. The van der Waals surface area contributed by atoms with Gasteiger partial charge in [-0.1, -0.05) is 12.5 Å². The second kappa shape index (κ2) is 6.38. The molecule has 0 aromatic carbocycles. The average molecular weight is 256 g/mol. The van der Waals surface area contributed by atoms with Gasteiger partial charge in [-0.25, -0.2) is 4.98 Å². The van der Waals surface area contributed by atoms with Crippen molar-refractivity contribution in [3.8, 4) is 11.8 Å². The Kier molecular flexibility index (Phi) is 4.57. The van der Waals surface area contributed by atoms with Crippen LogP contribution in [0.15, 0.2) is 18.2 Å². The number of carbonyl (C=O) groups excluding carboxylic acids is 1. The van der Waals surface area contributed by atoms with Crippen LogP contribution in [0.4, 0.5) is 0 Å². The summed E-state index contributed by atoms with van der Waals surface area (Å²) in [6.45, 7) is 3.77. The Morgan fingerprint density at radius 1 is 1.42 bits per heavy atom. The molecule has 0 saturated heterocycles. The van der Waals surface area contributed by atoms with Gasteiger partial charge in [-0.15, -0.1) is 11.8 Å². The number of nitrogens with one attached hydrogen (secondary N) is 1. The molecule has 1 aliphatic carbocycles. The van der Waals surface area contributed by atoms with Crippen LogP contribution < -0.4 is 5.32 Å². The number of carbonyl (C=O) groups is 1. The van der Waals surface area contributed by atoms with Gasteiger partial charge >= 0.3 is 0 Å². The lowest BCUT2D eigenvalue weighted by Crippen LogP contribution is -2.38. The third-order valence-corrected chi connectivity index (χ3v) is 3.48. The number of hydrogen-bond donors (Lipinski definition) is 1. The predicted octanol–water partition coefficient (Wildman–Crippen LogP) is 2.70. The first kappa shape index (κ1) is 13.6. The minimum Gasteiger partial charge on any atom is -0.348 e. The van der Waals surface area contributed by atoms with Crippen molar-refractivity contribution in [2.45, 2.75) is 45.6 Å². The maximum atomic E-state index is 12.1. The van der Waals surface area contributed by atoms with E-state index in [9.17, 15) is 4.79 Å². The van der Waals surface area contributed by atoms with Gasteiger partial charge in [0.25, 0.3) is 5.91 Å². The zero-order valence-corrected chi connectivity index (χ0v) is 11.6. The van der Waals surface area contributed by atoms with E-state index in [4.69, 9.17) is 0 Å². The van der Waals surface area contributed by atoms with Gasteiger partial charge in [0, 0.05) is 17.7 Å². The molecule has 1 saturated carbocycles. The van der Waals surface area contributed by atoms with Crippen LogP contribution in [0.25, 0.3) is 0 Å². The van der Waals surface area contributed by atoms with E-state index in [1.807, 2.05) is 26.0 Å². The van der Waals surface area contributed by atoms with E-state index in [1.54, 1.807) is 6.07 Å². The topological polar surface area (TPSA) is 42.0 Å². The van der Waals surface area contributed by atoms with Crippen LogP contribution in [0, 0.1) is 24.7 Å². The zero-order chi connectivity index (χ0) is 13.7. The lowest BCUT2D eigenvalue weighted by Gasteiger charge is -2.26. The third-order valence-electron chi connectivity index (χ3n) is 3.48. The zero-order valence-electron chi connectivity index (χ0n) is 11.6. The van der Waals surface area contributed by atoms with Gasteiger partial charge < -0.3 is 5.32 Å². The summed E-state index contributed by atoms with van der Waals surface area (Å²) in [6, 6.07) is 5.75. The molecule has 0 spiro atoms. The Balaban J connectivity index is 1.96. The molecular formula is C16H20N2O. The summed E-state index contributed by atoms with van der Waals surface area (Å²) in [5, 5.41) is 3.08. The van der Waals surface area contributed by atoms with Gasteiger partial charge in [0.2, 0.25) is 0 Å². The molecule has 0 aliphatic heterocycles. The smallest absolute Gasteiger partial charge is 0.270 e. The van der Waals surface area contributed by atoms with Crippen molar-refractivity contribution in [3.63, 3.8) is 0 Å². The summed E-state index contributed by atoms with van der Waals surface area (Å²) in [5.41, 5.74) is 1.37. The highest BCUT2D eigenvalue weighted by Crippen LogP contribution is 2.23. The first-order chi connectivity index (χ1) is 9.19. The molecule has 1 aromatic heterocycles. The van der Waals surface area contributed by atoms with E-state index in [0.29, 0.717) is 11.6 Å². The Bertz CT molecular complexity index is 513. The molecular weight excluding hydrogens is 236 g/mol. The molecule has 3 heteroatoms. The lowest BCUT2D eigenvalue weighted by molar-refractivity contribution is 0.0918. The molecule has 0 bridgehead atoms. The minimum atomic E-state index is -0.0705. The van der Waals surface area contributed by atoms with E-state index >= 15 is 0 Å². The number of rotatable bonds is 2. The SMILES string of the molecule is CC#CC1CCCC(NC(=O)c2cccc(C)n2)C1. The van der Waals surface area contributed by atoms with Gasteiger partial charge in [-0.05, 0) is 45.2 Å². The molecule has 1 amide bonds. The number of aryl methyl sites for hydroxylation is 1. The fourth-order valence-electron chi connectivity index (χ4n) is 2.58. The van der Waals surface area contributed by atoms with Gasteiger partial charge in [0.15, 0.2) is 0 Å². The predicted molar refractivity (Wildman–Crippen MR) is 75.6 cm³/mol. The van der Waals surface area contributed by atoms with Crippen molar-refractivity contribution in [1.29, 1.82) is 0 Å². The lowest BCUT2D eigenvalue weighted by atomic mass is 9.86. The van der Waals surface area contributed by atoms with E-state index < -0.39 is 0 Å². The largest absolute Gasteiger partial charge is 0.348 e. The van der Waals surface area contributed by atoms with E-state index in [2.05, 4.69) is 22.1 Å². The Labute approximate surface area is 114 Å². The van der Waals surface area contributed by atoms with Gasteiger partial charge in [-0.3, -0.25) is 4.79 Å². The summed E-state index contributed by atoms with van der Waals surface area (Å²) in [5.74, 6) is 6.55. The molecule has 2 atom stereocenters. The highest BCUT2D eigenvalue weighted by Gasteiger charge is 2.22. The van der Waals surface area contributed by atoms with Crippen LogP contribution in [0.3, 0.4) is 0 Å². The Morgan fingerprint density at radius 2 is 2.26 bits per heavy atom. The van der Waals surface area contributed by atoms with Crippen LogP contribution in [-0.4, -0.2) is 16.9 Å². The standard InChI is InChI=1S/C16H20N2O/c1-3-6-13-8-5-9-14(11-13)18-16(19)15-10-4-7-12(2)17-15/h4,7,10,13-14H,5,8-9,11H2,1-2H3,(H,18,19). The van der Waals surface area contributed by atoms with Crippen LogP contribution in [0.5, 0.6) is 0 Å². The van der Waals surface area contributed by atoms with Gasteiger partial charge in [0.1, 0.15) is 5.69 Å². The van der Waals surface area contributed by atoms with Crippen LogP contribution in [0.1, 0.15) is 48.8 Å². The maximum absolute atomic E-state index is 12.1. The first-order valence-electron chi connectivity index (χ1n) is 6.86. The summed E-state index contributed by atoms with van der Waals surface area (Å²) in [7, 11) is 0. The molecule has 100 valence electrons. The number of amides is 1. The molecule has 1 N–H and O–H groups in total. The summed E-state index contributed by atoms with van der Waals surface area (Å²) in [6.07, 6.45) is 4.28. The maximum Gasteiger partial charge on any atom is 0.270 e. The second-order valence-electron chi connectivity index (χ2n) is 5.09. The first-order valence-corrected chi connectivity index (χ1v) is 6.86. The van der Waals surface area contributed by atoms with Crippen molar-refractivity contribution in [3.05, 3.63) is 29.6 Å². The molecule has 1 aromatic rings.